The van der Waals surface area contributed by atoms with Gasteiger partial charge in [0.1, 0.15) is 0 Å². The van der Waals surface area contributed by atoms with E-state index in [2.05, 4.69) is 0 Å². The van der Waals surface area contributed by atoms with Gasteiger partial charge in [0.15, 0.2) is 6.10 Å². The van der Waals surface area contributed by atoms with Crippen LogP contribution in [0.15, 0.2) is 0 Å². The Morgan fingerprint density at radius 1 is 1.18 bits per heavy atom. The molecule has 1 saturated carbocycles. The lowest BCUT2D eigenvalue weighted by Gasteiger charge is -2.61. The van der Waals surface area contributed by atoms with Crippen molar-refractivity contribution in [2.45, 2.75) is 76.5 Å². The third-order valence-electron chi connectivity index (χ3n) is 5.81. The van der Waals surface area contributed by atoms with Crippen LogP contribution < -0.4 is 0 Å². The van der Waals surface area contributed by atoms with Gasteiger partial charge in [-0.05, 0) is 25.7 Å². The van der Waals surface area contributed by atoms with Gasteiger partial charge >= 0.3 is 0 Å². The first kappa shape index (κ1) is 15.8. The Labute approximate surface area is 132 Å². The molecule has 3 rings (SSSR count). The second-order valence-corrected chi connectivity index (χ2v) is 7.49. The Morgan fingerprint density at radius 2 is 1.77 bits per heavy atom. The van der Waals surface area contributed by atoms with E-state index < -0.39 is 6.10 Å². The lowest BCUT2D eigenvalue weighted by molar-refractivity contribution is -0.201. The largest absolute Gasteiger partial charge is 0.381 e. The van der Waals surface area contributed by atoms with Crippen molar-refractivity contribution < 1.29 is 14.7 Å². The molecule has 2 aliphatic heterocycles. The van der Waals surface area contributed by atoms with E-state index in [9.17, 15) is 14.7 Å². The summed E-state index contributed by atoms with van der Waals surface area (Å²) >= 11 is 0. The molecule has 1 aliphatic carbocycles. The van der Waals surface area contributed by atoms with Crippen LogP contribution in [0.2, 0.25) is 0 Å². The predicted octanol–water partition coefficient (Wildman–Crippen LogP) is 1.54. The number of likely N-dealkylation sites (tertiary alicyclic amines) is 2. The Kier molecular flexibility index (Phi) is 4.19. The first-order chi connectivity index (χ1) is 10.5. The summed E-state index contributed by atoms with van der Waals surface area (Å²) < 4.78 is 0. The van der Waals surface area contributed by atoms with Gasteiger partial charge in [0.2, 0.25) is 5.91 Å². The van der Waals surface area contributed by atoms with Crippen LogP contribution in [0, 0.1) is 5.92 Å². The minimum absolute atomic E-state index is 0.0358. The Bertz CT molecular complexity index is 449. The fourth-order valence-corrected chi connectivity index (χ4v) is 4.58. The number of carbonyl (C=O) groups is 2. The number of nitrogens with zero attached hydrogens (tertiary/aromatic N) is 2. The molecule has 3 fully saturated rings. The summed E-state index contributed by atoms with van der Waals surface area (Å²) in [5.41, 5.74) is -0.287. The first-order valence-electron chi connectivity index (χ1n) is 8.77. The number of carbonyl (C=O) groups excluding carboxylic acids is 2. The van der Waals surface area contributed by atoms with Crippen molar-refractivity contribution in [1.29, 1.82) is 0 Å². The SMILES string of the molecule is CC(C)C(=O)N1CCC(N2C(=O)C(O)C23CCCCC3)CC1. The van der Waals surface area contributed by atoms with Crippen LogP contribution in [-0.2, 0) is 9.59 Å². The number of hydrogen-bond acceptors (Lipinski definition) is 3. The van der Waals surface area contributed by atoms with Crippen molar-refractivity contribution in [2.24, 2.45) is 5.92 Å². The van der Waals surface area contributed by atoms with Gasteiger partial charge in [0.25, 0.3) is 5.91 Å². The van der Waals surface area contributed by atoms with Crippen LogP contribution in [-0.4, -0.2) is 57.5 Å². The number of hydrogen-bond donors (Lipinski definition) is 1. The molecule has 0 bridgehead atoms. The van der Waals surface area contributed by atoms with Crippen molar-refractivity contribution in [3.8, 4) is 0 Å². The van der Waals surface area contributed by atoms with E-state index >= 15 is 0 Å². The Morgan fingerprint density at radius 3 is 2.32 bits per heavy atom. The number of β-lactam (4-membered cyclic amide) rings is 1. The molecule has 0 aromatic carbocycles. The monoisotopic (exact) mass is 308 g/mol. The number of piperidine rings is 1. The third kappa shape index (κ3) is 2.34. The van der Waals surface area contributed by atoms with E-state index in [-0.39, 0.29) is 29.3 Å². The summed E-state index contributed by atoms with van der Waals surface area (Å²) in [6.45, 7) is 5.33. The lowest BCUT2D eigenvalue weighted by atomic mass is 9.68. The van der Waals surface area contributed by atoms with Crippen LogP contribution in [0.1, 0.15) is 58.8 Å². The highest BCUT2D eigenvalue weighted by Crippen LogP contribution is 2.46. The van der Waals surface area contributed by atoms with Crippen LogP contribution >= 0.6 is 0 Å². The van der Waals surface area contributed by atoms with Crippen LogP contribution in [0.25, 0.3) is 0 Å². The smallest absolute Gasteiger partial charge is 0.254 e. The van der Waals surface area contributed by atoms with E-state index in [0.29, 0.717) is 0 Å². The number of aliphatic hydroxyl groups is 1. The van der Waals surface area contributed by atoms with Crippen molar-refractivity contribution in [2.75, 3.05) is 13.1 Å². The molecule has 1 unspecified atom stereocenters. The summed E-state index contributed by atoms with van der Waals surface area (Å²) in [4.78, 5) is 28.2. The topological polar surface area (TPSA) is 60.9 Å². The zero-order chi connectivity index (χ0) is 15.9. The van der Waals surface area contributed by atoms with Gasteiger partial charge in [0.05, 0.1) is 5.54 Å². The predicted molar refractivity (Wildman–Crippen MR) is 83.1 cm³/mol. The quantitative estimate of drug-likeness (QED) is 0.787. The maximum atomic E-state index is 12.3. The highest BCUT2D eigenvalue weighted by molar-refractivity contribution is 5.90. The molecule has 1 atom stereocenters. The van der Waals surface area contributed by atoms with Gasteiger partial charge in [-0.2, -0.15) is 0 Å². The number of amides is 2. The minimum Gasteiger partial charge on any atom is -0.381 e. The van der Waals surface area contributed by atoms with E-state index in [1.54, 1.807) is 0 Å². The van der Waals surface area contributed by atoms with Gasteiger partial charge in [-0.1, -0.05) is 33.1 Å². The van der Waals surface area contributed by atoms with Gasteiger partial charge in [-0.3, -0.25) is 9.59 Å². The van der Waals surface area contributed by atoms with Crippen molar-refractivity contribution in [1.82, 2.24) is 9.80 Å². The summed E-state index contributed by atoms with van der Waals surface area (Å²) in [7, 11) is 0. The third-order valence-corrected chi connectivity index (χ3v) is 5.81. The molecule has 1 N–H and O–H groups in total. The summed E-state index contributed by atoms with van der Waals surface area (Å²) in [6.07, 6.45) is 6.19. The fraction of sp³-hybridized carbons (Fsp3) is 0.882. The van der Waals surface area contributed by atoms with Crippen LogP contribution in [0.4, 0.5) is 0 Å². The molecule has 2 amide bonds. The van der Waals surface area contributed by atoms with Gasteiger partial charge in [0, 0.05) is 25.0 Å². The molecule has 22 heavy (non-hydrogen) atoms. The van der Waals surface area contributed by atoms with Gasteiger partial charge < -0.3 is 14.9 Å². The number of rotatable bonds is 2. The maximum Gasteiger partial charge on any atom is 0.254 e. The Balaban J connectivity index is 1.65. The zero-order valence-corrected chi connectivity index (χ0v) is 13.8. The van der Waals surface area contributed by atoms with Crippen LogP contribution in [0.3, 0.4) is 0 Å². The van der Waals surface area contributed by atoms with Gasteiger partial charge in [-0.25, -0.2) is 0 Å². The average Bonchev–Trinajstić information content (AvgIpc) is 2.55. The van der Waals surface area contributed by atoms with E-state index in [1.807, 2.05) is 23.6 Å². The molecule has 3 aliphatic rings. The summed E-state index contributed by atoms with van der Waals surface area (Å²) in [5, 5.41) is 10.3. The molecule has 5 heteroatoms. The number of aliphatic hydroxyl groups excluding tert-OH is 1. The molecule has 124 valence electrons. The fourth-order valence-electron chi connectivity index (χ4n) is 4.58. The molecule has 2 heterocycles. The van der Waals surface area contributed by atoms with Crippen molar-refractivity contribution in [3.05, 3.63) is 0 Å². The second kappa shape index (κ2) is 5.84. The standard InChI is InChI=1S/C17H28N2O3/c1-12(2)15(21)18-10-6-13(7-11-18)19-16(22)14(20)17(19)8-4-3-5-9-17/h12-14,20H,3-11H2,1-2H3. The maximum absolute atomic E-state index is 12.3. The zero-order valence-electron chi connectivity index (χ0n) is 13.8. The first-order valence-corrected chi connectivity index (χ1v) is 8.77. The van der Waals surface area contributed by atoms with Crippen molar-refractivity contribution >= 4 is 11.8 Å². The average molecular weight is 308 g/mol. The molecule has 1 spiro atoms. The highest BCUT2D eigenvalue weighted by Gasteiger charge is 2.61. The van der Waals surface area contributed by atoms with E-state index in [1.165, 1.54) is 6.42 Å². The Hall–Kier alpha value is -1.10. The molecular formula is C17H28N2O3. The summed E-state index contributed by atoms with van der Waals surface area (Å²) in [5.74, 6) is 0.157. The van der Waals surface area contributed by atoms with E-state index in [4.69, 9.17) is 0 Å². The molecule has 0 aromatic rings. The highest BCUT2D eigenvalue weighted by atomic mass is 16.3. The molecule has 5 nitrogen and oxygen atoms in total. The molecular weight excluding hydrogens is 280 g/mol. The minimum atomic E-state index is -0.789. The molecule has 0 aromatic heterocycles. The van der Waals surface area contributed by atoms with Gasteiger partial charge in [-0.15, -0.1) is 0 Å². The van der Waals surface area contributed by atoms with Crippen molar-refractivity contribution in [3.63, 3.8) is 0 Å². The van der Waals surface area contributed by atoms with Crippen LogP contribution in [0.5, 0.6) is 0 Å². The summed E-state index contributed by atoms with van der Waals surface area (Å²) in [6, 6.07) is 0.199. The second-order valence-electron chi connectivity index (χ2n) is 7.49. The molecule has 2 saturated heterocycles. The molecule has 0 radical (unpaired) electrons. The van der Waals surface area contributed by atoms with E-state index in [0.717, 1.165) is 51.6 Å². The lowest BCUT2D eigenvalue weighted by Crippen LogP contribution is -2.77. The normalized spacial score (nSPS) is 29.1.